The second kappa shape index (κ2) is 13.8. The van der Waals surface area contributed by atoms with E-state index in [4.69, 9.17) is 9.47 Å². The molecule has 0 aromatic rings. The van der Waals surface area contributed by atoms with Crippen LogP contribution >= 0.6 is 0 Å². The van der Waals surface area contributed by atoms with Gasteiger partial charge in [0.1, 0.15) is 6.10 Å². The molecule has 1 saturated heterocycles. The minimum Gasteiger partial charge on any atom is -0.446 e. The zero-order chi connectivity index (χ0) is 32.7. The Hall–Kier alpha value is -1.67. The van der Waals surface area contributed by atoms with E-state index in [1.807, 2.05) is 6.92 Å². The average molecular weight is 627 g/mol. The number of allylic oxidation sites excluding steroid dienone is 5. The maximum atomic E-state index is 12.8. The van der Waals surface area contributed by atoms with Gasteiger partial charge in [-0.25, -0.2) is 4.79 Å². The second-order valence-corrected chi connectivity index (χ2v) is 16.1. The highest BCUT2D eigenvalue weighted by Crippen LogP contribution is 2.66. The first-order chi connectivity index (χ1) is 21.3. The Bertz CT molecular complexity index is 1150. The predicted octanol–water partition coefficient (Wildman–Crippen LogP) is 6.90. The number of fused-ring (bicyclic) bond motifs is 5. The summed E-state index contributed by atoms with van der Waals surface area (Å²) in [7, 11) is 0. The largest absolute Gasteiger partial charge is 0.446 e. The van der Waals surface area contributed by atoms with E-state index in [2.05, 4.69) is 76.5 Å². The van der Waals surface area contributed by atoms with Crippen LogP contribution in [0.3, 0.4) is 0 Å². The molecule has 5 rings (SSSR count). The average Bonchev–Trinajstić information content (AvgIpc) is 3.36. The number of alkyl carbamates (subject to hydrolysis) is 1. The molecule has 1 amide bonds. The van der Waals surface area contributed by atoms with Gasteiger partial charge < -0.3 is 25.0 Å². The molecule has 4 aliphatic carbocycles. The Balaban J connectivity index is 1.17. The van der Waals surface area contributed by atoms with E-state index >= 15 is 0 Å². The van der Waals surface area contributed by atoms with E-state index in [1.54, 1.807) is 12.5 Å². The number of rotatable bonds is 9. The number of nitrogens with one attached hydrogen (secondary N) is 2. The number of amides is 1. The maximum absolute atomic E-state index is 12.8. The fourth-order valence-electron chi connectivity index (χ4n) is 9.86. The number of ether oxygens (including phenoxy) is 2. The van der Waals surface area contributed by atoms with Crippen molar-refractivity contribution in [2.75, 3.05) is 6.67 Å². The normalized spacial score (nSPS) is 42.7. The van der Waals surface area contributed by atoms with Gasteiger partial charge in [0.25, 0.3) is 0 Å². The lowest BCUT2D eigenvalue weighted by Crippen LogP contribution is -2.63. The van der Waals surface area contributed by atoms with E-state index in [0.717, 1.165) is 25.2 Å². The van der Waals surface area contributed by atoms with Crippen LogP contribution in [0.4, 0.5) is 4.79 Å². The van der Waals surface area contributed by atoms with E-state index in [-0.39, 0.29) is 24.3 Å². The number of carbonyl (C=O) groups excluding carboxylic acids is 1. The Morgan fingerprint density at radius 2 is 1.80 bits per heavy atom. The SMILES string of the molecule is CCC1OC(C)C(O)C(NCNC(=O)O[C@H]2CC[C@@]3(C)C(=CC=C4C5CCC([C@H](C)/C=C/[C@H](C)C(C)C)[C@@]5(C)CCC43)C2)C1O. The van der Waals surface area contributed by atoms with Crippen LogP contribution in [0.5, 0.6) is 0 Å². The Morgan fingerprint density at radius 1 is 1.04 bits per heavy atom. The molecule has 0 radical (unpaired) electrons. The van der Waals surface area contributed by atoms with Gasteiger partial charge >= 0.3 is 6.09 Å². The molecule has 3 saturated carbocycles. The van der Waals surface area contributed by atoms with Gasteiger partial charge in [-0.2, -0.15) is 0 Å². The monoisotopic (exact) mass is 626 g/mol. The topological polar surface area (TPSA) is 100 Å². The first kappa shape index (κ1) is 34.7. The van der Waals surface area contributed by atoms with Crippen LogP contribution in [0.1, 0.15) is 107 Å². The van der Waals surface area contributed by atoms with Gasteiger partial charge in [-0.05, 0) is 98.2 Å². The molecule has 4 N–H and O–H groups in total. The smallest absolute Gasteiger partial charge is 0.408 e. The summed E-state index contributed by atoms with van der Waals surface area (Å²) >= 11 is 0. The molecular weight excluding hydrogens is 564 g/mol. The fraction of sp³-hybridized carbons (Fsp3) is 0.816. The third-order valence-corrected chi connectivity index (χ3v) is 13.2. The van der Waals surface area contributed by atoms with Crippen molar-refractivity contribution in [2.45, 2.75) is 143 Å². The van der Waals surface area contributed by atoms with Gasteiger partial charge in [0.15, 0.2) is 0 Å². The highest BCUT2D eigenvalue weighted by Gasteiger charge is 2.57. The summed E-state index contributed by atoms with van der Waals surface area (Å²) in [5, 5.41) is 27.0. The molecule has 7 heteroatoms. The number of hydrogen-bond donors (Lipinski definition) is 4. The van der Waals surface area contributed by atoms with E-state index in [0.29, 0.717) is 41.4 Å². The molecule has 0 spiro atoms. The predicted molar refractivity (Wildman–Crippen MR) is 179 cm³/mol. The molecule has 5 aliphatic rings. The minimum absolute atomic E-state index is 0.106. The van der Waals surface area contributed by atoms with Gasteiger partial charge in [-0.1, -0.05) is 83.9 Å². The lowest BCUT2D eigenvalue weighted by Gasteiger charge is -2.55. The van der Waals surface area contributed by atoms with E-state index < -0.39 is 30.4 Å². The molecule has 254 valence electrons. The Kier molecular flexibility index (Phi) is 10.6. The summed E-state index contributed by atoms with van der Waals surface area (Å²) in [5.74, 6) is 3.92. The molecule has 7 nitrogen and oxygen atoms in total. The van der Waals surface area contributed by atoms with Gasteiger partial charge in [-0.3, -0.25) is 5.32 Å². The molecule has 13 atom stereocenters. The van der Waals surface area contributed by atoms with Crippen molar-refractivity contribution >= 4 is 6.09 Å². The van der Waals surface area contributed by atoms with Crippen LogP contribution in [0, 0.1) is 46.3 Å². The Labute approximate surface area is 272 Å². The van der Waals surface area contributed by atoms with Gasteiger partial charge in [0.2, 0.25) is 0 Å². The van der Waals surface area contributed by atoms with Crippen molar-refractivity contribution in [3.63, 3.8) is 0 Å². The highest BCUT2D eigenvalue weighted by atomic mass is 16.6. The lowest BCUT2D eigenvalue weighted by molar-refractivity contribution is -0.179. The van der Waals surface area contributed by atoms with Crippen molar-refractivity contribution < 1.29 is 24.5 Å². The Morgan fingerprint density at radius 3 is 2.51 bits per heavy atom. The molecule has 0 bridgehead atoms. The minimum atomic E-state index is -0.862. The van der Waals surface area contributed by atoms with Crippen LogP contribution in [-0.2, 0) is 9.47 Å². The molecular formula is C38H62N2O5. The quantitative estimate of drug-likeness (QED) is 0.164. The molecule has 1 heterocycles. The molecule has 4 fully saturated rings. The number of hydrogen-bond acceptors (Lipinski definition) is 6. The summed E-state index contributed by atoms with van der Waals surface area (Å²) in [6.45, 7) is 18.3. The number of carbonyl (C=O) groups is 1. The molecule has 0 aromatic carbocycles. The van der Waals surface area contributed by atoms with Crippen molar-refractivity contribution in [2.24, 2.45) is 46.3 Å². The highest BCUT2D eigenvalue weighted by molar-refractivity contribution is 5.67. The molecule has 0 aromatic heterocycles. The van der Waals surface area contributed by atoms with E-state index in [1.165, 1.54) is 31.3 Å². The van der Waals surface area contributed by atoms with Crippen LogP contribution in [-0.4, -0.2) is 59.5 Å². The van der Waals surface area contributed by atoms with Crippen molar-refractivity contribution in [1.82, 2.24) is 10.6 Å². The standard InChI is InChI=1S/C38H62N2O5/c1-9-32-35(42)33(34(41)25(6)44-32)39-21-40-36(43)45-27-16-18-37(7)26(20-27)12-13-28-30-15-14-29(38(30,8)19-17-31(28)37)24(5)11-10-23(4)22(2)3/h10-13,22-25,27,29-35,39,41-42H,9,14-21H2,1-8H3,(H,40,43)/b11-10+/t23-,24+,25?,27-,29?,30?,31?,32?,33?,34?,35?,37-,38+/m0/s1. The molecule has 1 aliphatic heterocycles. The first-order valence-electron chi connectivity index (χ1n) is 18.1. The second-order valence-electron chi connectivity index (χ2n) is 16.1. The zero-order valence-electron chi connectivity index (χ0n) is 29.2. The van der Waals surface area contributed by atoms with Crippen molar-refractivity contribution in [3.8, 4) is 0 Å². The third kappa shape index (κ3) is 6.71. The summed E-state index contributed by atoms with van der Waals surface area (Å²) < 4.78 is 11.6. The van der Waals surface area contributed by atoms with Crippen LogP contribution in [0.15, 0.2) is 35.5 Å². The van der Waals surface area contributed by atoms with E-state index in [9.17, 15) is 15.0 Å². The summed E-state index contributed by atoms with van der Waals surface area (Å²) in [6, 6.07) is -0.580. The van der Waals surface area contributed by atoms with Gasteiger partial charge in [0.05, 0.1) is 37.1 Å². The summed E-state index contributed by atoms with van der Waals surface area (Å²) in [5.41, 5.74) is 3.64. The number of aliphatic hydroxyl groups excluding tert-OH is 2. The fourth-order valence-corrected chi connectivity index (χ4v) is 9.86. The van der Waals surface area contributed by atoms with Crippen LogP contribution < -0.4 is 10.6 Å². The lowest BCUT2D eigenvalue weighted by atomic mass is 9.50. The van der Waals surface area contributed by atoms with Gasteiger partial charge in [0, 0.05) is 6.42 Å². The van der Waals surface area contributed by atoms with Crippen LogP contribution in [0.2, 0.25) is 0 Å². The maximum Gasteiger partial charge on any atom is 0.408 e. The van der Waals surface area contributed by atoms with Crippen molar-refractivity contribution in [3.05, 3.63) is 35.5 Å². The number of aliphatic hydroxyl groups is 2. The van der Waals surface area contributed by atoms with Crippen LogP contribution in [0.25, 0.3) is 0 Å². The zero-order valence-corrected chi connectivity index (χ0v) is 29.2. The summed E-state index contributed by atoms with van der Waals surface area (Å²) in [4.78, 5) is 12.8. The van der Waals surface area contributed by atoms with Crippen molar-refractivity contribution in [1.29, 1.82) is 0 Å². The van der Waals surface area contributed by atoms with Gasteiger partial charge in [-0.15, -0.1) is 0 Å². The first-order valence-corrected chi connectivity index (χ1v) is 18.1. The molecule has 8 unspecified atom stereocenters. The summed E-state index contributed by atoms with van der Waals surface area (Å²) in [6.07, 6.45) is 15.3. The third-order valence-electron chi connectivity index (χ3n) is 13.2. The molecule has 45 heavy (non-hydrogen) atoms.